The van der Waals surface area contributed by atoms with E-state index in [1.165, 1.54) is 56.4 Å². The molecular weight excluding hydrogens is 364 g/mol. The van der Waals surface area contributed by atoms with Gasteiger partial charge in [0.15, 0.2) is 0 Å². The van der Waals surface area contributed by atoms with Crippen LogP contribution in [0.4, 0.5) is 11.4 Å². The number of ether oxygens (including phenoxy) is 1. The summed E-state index contributed by atoms with van der Waals surface area (Å²) >= 11 is 0. The van der Waals surface area contributed by atoms with Crippen LogP contribution in [0.2, 0.25) is 0 Å². The van der Waals surface area contributed by atoms with Gasteiger partial charge in [-0.15, -0.1) is 0 Å². The Morgan fingerprint density at radius 3 is 1.89 bits per heavy atom. The van der Waals surface area contributed by atoms with Gasteiger partial charge in [-0.2, -0.15) is 18.6 Å². The molecule has 146 valence electrons. The van der Waals surface area contributed by atoms with Crippen LogP contribution >= 0.6 is 0 Å². The number of hydrogen-bond acceptors (Lipinski definition) is 5. The number of nitrogens with zero attached hydrogens (tertiary/aromatic N) is 2. The van der Waals surface area contributed by atoms with E-state index in [0.29, 0.717) is 18.0 Å². The molecule has 0 saturated carbocycles. The SMILES string of the molecule is CCCCCCCCOc1ccc(N=Nc2ccc(S(=O)(=O)O)cc2)cc1. The molecule has 0 aliphatic rings. The lowest BCUT2D eigenvalue weighted by atomic mass is 10.1. The summed E-state index contributed by atoms with van der Waals surface area (Å²) in [4.78, 5) is -0.173. The van der Waals surface area contributed by atoms with Crippen molar-refractivity contribution in [3.8, 4) is 5.75 Å². The highest BCUT2D eigenvalue weighted by Gasteiger charge is 2.08. The molecule has 0 atom stereocenters. The zero-order valence-corrected chi connectivity index (χ0v) is 16.4. The molecule has 6 nitrogen and oxygen atoms in total. The monoisotopic (exact) mass is 390 g/mol. The Morgan fingerprint density at radius 2 is 1.33 bits per heavy atom. The average molecular weight is 391 g/mol. The van der Waals surface area contributed by atoms with Crippen LogP contribution in [0.3, 0.4) is 0 Å². The number of unbranched alkanes of at least 4 members (excludes halogenated alkanes) is 5. The molecule has 0 unspecified atom stereocenters. The minimum Gasteiger partial charge on any atom is -0.494 e. The van der Waals surface area contributed by atoms with Crippen LogP contribution in [0.25, 0.3) is 0 Å². The van der Waals surface area contributed by atoms with Crippen molar-refractivity contribution in [2.75, 3.05) is 6.61 Å². The van der Waals surface area contributed by atoms with E-state index in [-0.39, 0.29) is 4.90 Å². The third-order valence-corrected chi connectivity index (χ3v) is 4.89. The number of azo groups is 1. The molecule has 1 N–H and O–H groups in total. The molecule has 0 aliphatic carbocycles. The highest BCUT2D eigenvalue weighted by Crippen LogP contribution is 2.22. The minimum atomic E-state index is -4.19. The second-order valence-corrected chi connectivity index (χ2v) is 7.70. The first-order valence-corrected chi connectivity index (χ1v) is 10.6. The van der Waals surface area contributed by atoms with Gasteiger partial charge in [-0.1, -0.05) is 39.0 Å². The lowest BCUT2D eigenvalue weighted by Gasteiger charge is -2.06. The van der Waals surface area contributed by atoms with Crippen LogP contribution in [0.15, 0.2) is 63.7 Å². The molecule has 0 aromatic heterocycles. The van der Waals surface area contributed by atoms with Crippen LogP contribution < -0.4 is 4.74 Å². The lowest BCUT2D eigenvalue weighted by molar-refractivity contribution is 0.304. The fourth-order valence-corrected chi connectivity index (χ4v) is 2.96. The van der Waals surface area contributed by atoms with Crippen LogP contribution in [-0.4, -0.2) is 19.6 Å². The Labute approximate surface area is 161 Å². The van der Waals surface area contributed by atoms with Crippen molar-refractivity contribution in [1.82, 2.24) is 0 Å². The Bertz CT molecular complexity index is 816. The summed E-state index contributed by atoms with van der Waals surface area (Å²) in [6, 6.07) is 12.8. The van der Waals surface area contributed by atoms with Crippen molar-refractivity contribution < 1.29 is 17.7 Å². The highest BCUT2D eigenvalue weighted by atomic mass is 32.2. The van der Waals surface area contributed by atoms with E-state index < -0.39 is 10.1 Å². The maximum absolute atomic E-state index is 11.0. The minimum absolute atomic E-state index is 0.173. The van der Waals surface area contributed by atoms with Crippen LogP contribution in [0.1, 0.15) is 45.4 Å². The summed E-state index contributed by atoms with van der Waals surface area (Å²) in [5, 5.41) is 8.15. The summed E-state index contributed by atoms with van der Waals surface area (Å²) in [5.41, 5.74) is 1.16. The molecule has 2 aromatic rings. The van der Waals surface area contributed by atoms with Gasteiger partial charge in [0.2, 0.25) is 0 Å². The van der Waals surface area contributed by atoms with Crippen molar-refractivity contribution in [1.29, 1.82) is 0 Å². The average Bonchev–Trinajstić information content (AvgIpc) is 2.66. The third kappa shape index (κ3) is 7.88. The third-order valence-electron chi connectivity index (χ3n) is 4.02. The van der Waals surface area contributed by atoms with Gasteiger partial charge in [0.05, 0.1) is 22.9 Å². The molecule has 2 aromatic carbocycles. The molecule has 0 heterocycles. The molecule has 0 saturated heterocycles. The topological polar surface area (TPSA) is 88.3 Å². The maximum Gasteiger partial charge on any atom is 0.294 e. The van der Waals surface area contributed by atoms with Gasteiger partial charge >= 0.3 is 0 Å². The van der Waals surface area contributed by atoms with Crippen LogP contribution in [0, 0.1) is 0 Å². The molecular formula is C20H26N2O4S. The van der Waals surface area contributed by atoms with Crippen molar-refractivity contribution >= 4 is 21.5 Å². The van der Waals surface area contributed by atoms with E-state index in [9.17, 15) is 8.42 Å². The van der Waals surface area contributed by atoms with Crippen LogP contribution in [0.5, 0.6) is 5.75 Å². The van der Waals surface area contributed by atoms with E-state index in [0.717, 1.165) is 12.2 Å². The number of benzene rings is 2. The first kappa shape index (κ1) is 21.1. The molecule has 0 fully saturated rings. The second kappa shape index (κ2) is 10.8. The number of rotatable bonds is 11. The Balaban J connectivity index is 1.78. The van der Waals surface area contributed by atoms with Crippen LogP contribution in [-0.2, 0) is 10.1 Å². The summed E-state index contributed by atoms with van der Waals surface area (Å²) in [7, 11) is -4.19. The smallest absolute Gasteiger partial charge is 0.294 e. The summed E-state index contributed by atoms with van der Waals surface area (Å²) in [6.45, 7) is 2.93. The Hall–Kier alpha value is -2.25. The Kier molecular flexibility index (Phi) is 8.42. The first-order chi connectivity index (χ1) is 13.0. The van der Waals surface area contributed by atoms with Gasteiger partial charge in [0.25, 0.3) is 10.1 Å². The maximum atomic E-state index is 11.0. The second-order valence-electron chi connectivity index (χ2n) is 6.28. The van der Waals surface area contributed by atoms with Gasteiger partial charge < -0.3 is 4.74 Å². The van der Waals surface area contributed by atoms with Crippen molar-refractivity contribution in [3.05, 3.63) is 48.5 Å². The molecule has 0 aliphatic heterocycles. The van der Waals surface area contributed by atoms with Gasteiger partial charge in [-0.05, 0) is 55.0 Å². The predicted molar refractivity (Wildman–Crippen MR) is 106 cm³/mol. The van der Waals surface area contributed by atoms with Gasteiger partial charge in [-0.3, -0.25) is 4.55 Å². The normalized spacial score (nSPS) is 11.8. The molecule has 0 spiro atoms. The van der Waals surface area contributed by atoms with E-state index in [1.807, 2.05) is 24.3 Å². The summed E-state index contributed by atoms with van der Waals surface area (Å²) in [5.74, 6) is 0.806. The fourth-order valence-electron chi connectivity index (χ4n) is 2.48. The lowest BCUT2D eigenvalue weighted by Crippen LogP contribution is -1.96. The van der Waals surface area contributed by atoms with E-state index in [2.05, 4.69) is 17.2 Å². The predicted octanol–water partition coefficient (Wildman–Crippen LogP) is 6.09. The molecule has 7 heteroatoms. The quantitative estimate of drug-likeness (QED) is 0.286. The summed E-state index contributed by atoms with van der Waals surface area (Å²) in [6.07, 6.45) is 7.39. The van der Waals surface area contributed by atoms with E-state index >= 15 is 0 Å². The van der Waals surface area contributed by atoms with Gasteiger partial charge in [0, 0.05) is 0 Å². The van der Waals surface area contributed by atoms with Gasteiger partial charge in [-0.25, -0.2) is 0 Å². The van der Waals surface area contributed by atoms with E-state index in [4.69, 9.17) is 9.29 Å². The highest BCUT2D eigenvalue weighted by molar-refractivity contribution is 7.85. The fraction of sp³-hybridized carbons (Fsp3) is 0.400. The molecule has 27 heavy (non-hydrogen) atoms. The molecule has 0 bridgehead atoms. The van der Waals surface area contributed by atoms with Crippen molar-refractivity contribution in [3.63, 3.8) is 0 Å². The van der Waals surface area contributed by atoms with Crippen molar-refractivity contribution in [2.24, 2.45) is 10.2 Å². The molecule has 2 rings (SSSR count). The molecule has 0 amide bonds. The Morgan fingerprint density at radius 1 is 0.815 bits per heavy atom. The standard InChI is InChI=1S/C20H26N2O4S/c1-2-3-4-5-6-7-16-26-19-12-8-17(9-13-19)21-22-18-10-14-20(15-11-18)27(23,24)25/h8-15H,2-7,16H2,1H3,(H,23,24,25). The first-order valence-electron chi connectivity index (χ1n) is 9.21. The zero-order valence-electron chi connectivity index (χ0n) is 15.5. The van der Waals surface area contributed by atoms with Gasteiger partial charge in [0.1, 0.15) is 5.75 Å². The summed E-state index contributed by atoms with van der Waals surface area (Å²) < 4.78 is 36.7. The largest absolute Gasteiger partial charge is 0.494 e. The number of hydrogen-bond donors (Lipinski definition) is 1. The molecule has 0 radical (unpaired) electrons. The van der Waals surface area contributed by atoms with Crippen molar-refractivity contribution in [2.45, 2.75) is 50.3 Å². The van der Waals surface area contributed by atoms with E-state index in [1.54, 1.807) is 0 Å². The zero-order chi connectivity index (χ0) is 19.5.